The number of nitrogens with one attached hydrogen (secondary N) is 1. The van der Waals surface area contributed by atoms with Gasteiger partial charge in [0, 0.05) is 26.3 Å². The number of nitrogens with zero attached hydrogens (tertiary/aromatic N) is 4. The van der Waals surface area contributed by atoms with Gasteiger partial charge in [0.05, 0.1) is 11.1 Å². The maximum absolute atomic E-state index is 12.0. The van der Waals surface area contributed by atoms with Gasteiger partial charge in [0.2, 0.25) is 0 Å². The van der Waals surface area contributed by atoms with E-state index < -0.39 is 0 Å². The van der Waals surface area contributed by atoms with E-state index in [1.807, 2.05) is 0 Å². The van der Waals surface area contributed by atoms with Crippen LogP contribution < -0.4 is 5.32 Å². The fraction of sp³-hybridized carbons (Fsp3) is 0.417. The summed E-state index contributed by atoms with van der Waals surface area (Å²) in [4.78, 5) is 19.3. The van der Waals surface area contributed by atoms with Crippen LogP contribution in [-0.2, 0) is 0 Å². The van der Waals surface area contributed by atoms with Crippen LogP contribution in [0.25, 0.3) is 0 Å². The van der Waals surface area contributed by atoms with Crippen molar-refractivity contribution in [2.75, 3.05) is 25.5 Å². The first-order chi connectivity index (χ1) is 9.10. The highest BCUT2D eigenvalue weighted by molar-refractivity contribution is 6.30. The van der Waals surface area contributed by atoms with Gasteiger partial charge in [0.15, 0.2) is 6.19 Å². The molecule has 1 fully saturated rings. The Morgan fingerprint density at radius 2 is 2.47 bits per heavy atom. The molecular formula is C12H14ClN5O. The van der Waals surface area contributed by atoms with Crippen molar-refractivity contribution in [1.29, 1.82) is 5.26 Å². The van der Waals surface area contributed by atoms with Crippen LogP contribution in [0.2, 0.25) is 5.02 Å². The lowest BCUT2D eigenvalue weighted by Crippen LogP contribution is -2.41. The SMILES string of the molecule is CN(C(=O)Nc1ccc(Cl)cn1)[C@@H]1CCN(C#N)C1. The summed E-state index contributed by atoms with van der Waals surface area (Å²) < 4.78 is 0. The highest BCUT2D eigenvalue weighted by Gasteiger charge is 2.27. The lowest BCUT2D eigenvalue weighted by atomic mass is 10.2. The molecule has 0 spiro atoms. The molecule has 1 aromatic rings. The van der Waals surface area contributed by atoms with E-state index >= 15 is 0 Å². The minimum atomic E-state index is -0.236. The van der Waals surface area contributed by atoms with Crippen molar-refractivity contribution in [3.8, 4) is 6.19 Å². The topological polar surface area (TPSA) is 72.3 Å². The van der Waals surface area contributed by atoms with E-state index in [0.29, 0.717) is 23.9 Å². The van der Waals surface area contributed by atoms with Crippen molar-refractivity contribution in [2.45, 2.75) is 12.5 Å². The molecule has 2 rings (SSSR count). The number of pyridine rings is 1. The summed E-state index contributed by atoms with van der Waals surface area (Å²) in [7, 11) is 1.72. The molecule has 100 valence electrons. The van der Waals surface area contributed by atoms with E-state index in [2.05, 4.69) is 16.5 Å². The Labute approximate surface area is 116 Å². The Balaban J connectivity index is 1.93. The van der Waals surface area contributed by atoms with Crippen LogP contribution in [-0.4, -0.2) is 47.0 Å². The first kappa shape index (κ1) is 13.4. The molecule has 0 radical (unpaired) electrons. The summed E-state index contributed by atoms with van der Waals surface area (Å²) in [5, 5.41) is 12.0. The second-order valence-electron chi connectivity index (χ2n) is 4.39. The molecule has 6 nitrogen and oxygen atoms in total. The van der Waals surface area contributed by atoms with Crippen molar-refractivity contribution in [1.82, 2.24) is 14.8 Å². The van der Waals surface area contributed by atoms with Gasteiger partial charge in [-0.3, -0.25) is 5.32 Å². The van der Waals surface area contributed by atoms with Gasteiger partial charge < -0.3 is 9.80 Å². The van der Waals surface area contributed by atoms with Gasteiger partial charge >= 0.3 is 6.03 Å². The smallest absolute Gasteiger partial charge is 0.323 e. The predicted octanol–water partition coefficient (Wildman–Crippen LogP) is 1.75. The van der Waals surface area contributed by atoms with Gasteiger partial charge in [-0.2, -0.15) is 5.26 Å². The van der Waals surface area contributed by atoms with Gasteiger partial charge in [-0.15, -0.1) is 0 Å². The zero-order valence-corrected chi connectivity index (χ0v) is 11.3. The average molecular weight is 280 g/mol. The van der Waals surface area contributed by atoms with Crippen LogP contribution in [0.3, 0.4) is 0 Å². The van der Waals surface area contributed by atoms with Crippen LogP contribution in [0.4, 0.5) is 10.6 Å². The molecule has 7 heteroatoms. The van der Waals surface area contributed by atoms with Crippen LogP contribution in [0.5, 0.6) is 0 Å². The lowest BCUT2D eigenvalue weighted by Gasteiger charge is -2.24. The van der Waals surface area contributed by atoms with Crippen LogP contribution in [0.1, 0.15) is 6.42 Å². The molecule has 1 atom stereocenters. The molecule has 0 saturated carbocycles. The van der Waals surface area contributed by atoms with E-state index in [0.717, 1.165) is 6.42 Å². The lowest BCUT2D eigenvalue weighted by molar-refractivity contribution is 0.205. The summed E-state index contributed by atoms with van der Waals surface area (Å²) in [5.41, 5.74) is 0. The van der Waals surface area contributed by atoms with Gasteiger partial charge in [0.1, 0.15) is 5.82 Å². The van der Waals surface area contributed by atoms with Crippen molar-refractivity contribution in [2.24, 2.45) is 0 Å². The number of rotatable bonds is 2. The van der Waals surface area contributed by atoms with Gasteiger partial charge in [-0.25, -0.2) is 9.78 Å². The minimum absolute atomic E-state index is 0.0481. The number of likely N-dealkylation sites (tertiary alicyclic amines) is 1. The molecule has 0 aliphatic carbocycles. The van der Waals surface area contributed by atoms with E-state index in [1.165, 1.54) is 6.20 Å². The molecule has 1 aliphatic heterocycles. The molecule has 1 aromatic heterocycles. The molecule has 19 heavy (non-hydrogen) atoms. The third-order valence-electron chi connectivity index (χ3n) is 3.14. The quantitative estimate of drug-likeness (QED) is 0.837. The summed E-state index contributed by atoms with van der Waals surface area (Å²) in [6, 6.07) is 3.12. The largest absolute Gasteiger partial charge is 0.323 e. The Hall–Kier alpha value is -2.00. The number of hydrogen-bond acceptors (Lipinski definition) is 4. The average Bonchev–Trinajstić information content (AvgIpc) is 2.89. The molecular weight excluding hydrogens is 266 g/mol. The molecule has 1 aliphatic rings. The summed E-state index contributed by atoms with van der Waals surface area (Å²) in [5.74, 6) is 0.455. The van der Waals surface area contributed by atoms with E-state index in [1.54, 1.807) is 29.0 Å². The van der Waals surface area contributed by atoms with Gasteiger partial charge in [0.25, 0.3) is 0 Å². The van der Waals surface area contributed by atoms with Crippen molar-refractivity contribution in [3.63, 3.8) is 0 Å². The Morgan fingerprint density at radius 3 is 3.05 bits per heavy atom. The number of carbonyl (C=O) groups excluding carboxylic acids is 1. The standard InChI is InChI=1S/C12H14ClN5O/c1-17(10-4-5-18(7-10)8-14)12(19)16-11-3-2-9(13)6-15-11/h2-3,6,10H,4-5,7H2,1H3,(H,15,16,19)/t10-/m1/s1. The third-order valence-corrected chi connectivity index (χ3v) is 3.36. The van der Waals surface area contributed by atoms with Crippen molar-refractivity contribution < 1.29 is 4.79 Å². The molecule has 0 aromatic carbocycles. The number of amides is 2. The maximum atomic E-state index is 12.0. The predicted molar refractivity (Wildman–Crippen MR) is 71.6 cm³/mol. The van der Waals surface area contributed by atoms with E-state index in [-0.39, 0.29) is 12.1 Å². The van der Waals surface area contributed by atoms with Crippen LogP contribution >= 0.6 is 11.6 Å². The number of hydrogen-bond donors (Lipinski definition) is 1. The van der Waals surface area contributed by atoms with Crippen LogP contribution in [0.15, 0.2) is 18.3 Å². The highest BCUT2D eigenvalue weighted by Crippen LogP contribution is 2.15. The molecule has 1 N–H and O–H groups in total. The number of urea groups is 1. The molecule has 2 amide bonds. The van der Waals surface area contributed by atoms with E-state index in [4.69, 9.17) is 16.9 Å². The van der Waals surface area contributed by atoms with E-state index in [9.17, 15) is 4.79 Å². The number of carbonyl (C=O) groups is 1. The highest BCUT2D eigenvalue weighted by atomic mass is 35.5. The maximum Gasteiger partial charge on any atom is 0.323 e. The Morgan fingerprint density at radius 1 is 1.68 bits per heavy atom. The number of halogens is 1. The normalized spacial score (nSPS) is 17.9. The molecule has 0 bridgehead atoms. The summed E-state index contributed by atoms with van der Waals surface area (Å²) in [6.07, 6.45) is 4.37. The Bertz CT molecular complexity index is 498. The minimum Gasteiger partial charge on any atom is -0.323 e. The monoisotopic (exact) mass is 279 g/mol. The first-order valence-corrected chi connectivity index (χ1v) is 6.28. The second kappa shape index (κ2) is 5.76. The number of anilines is 1. The van der Waals surface area contributed by atoms with Gasteiger partial charge in [-0.1, -0.05) is 11.6 Å². The molecule has 2 heterocycles. The zero-order chi connectivity index (χ0) is 13.8. The summed E-state index contributed by atoms with van der Waals surface area (Å²) in [6.45, 7) is 1.27. The van der Waals surface area contributed by atoms with Crippen molar-refractivity contribution in [3.05, 3.63) is 23.4 Å². The fourth-order valence-electron chi connectivity index (χ4n) is 1.96. The number of aromatic nitrogens is 1. The zero-order valence-electron chi connectivity index (χ0n) is 10.5. The van der Waals surface area contributed by atoms with Crippen molar-refractivity contribution >= 4 is 23.4 Å². The van der Waals surface area contributed by atoms with Crippen LogP contribution in [0, 0.1) is 11.5 Å². The first-order valence-electron chi connectivity index (χ1n) is 5.90. The second-order valence-corrected chi connectivity index (χ2v) is 4.83. The fourth-order valence-corrected chi connectivity index (χ4v) is 2.07. The number of likely N-dealkylation sites (N-methyl/N-ethyl adjacent to an activating group) is 1. The Kier molecular flexibility index (Phi) is 4.07. The van der Waals surface area contributed by atoms with Gasteiger partial charge in [-0.05, 0) is 18.6 Å². The number of nitriles is 1. The third kappa shape index (κ3) is 3.26. The molecule has 1 saturated heterocycles. The molecule has 0 unspecified atom stereocenters. The summed E-state index contributed by atoms with van der Waals surface area (Å²) >= 11 is 5.72.